The zero-order valence-electron chi connectivity index (χ0n) is 21.5. The van der Waals surface area contributed by atoms with Crippen LogP contribution in [0.4, 0.5) is 24.8 Å². The lowest BCUT2D eigenvalue weighted by Gasteiger charge is -2.41. The first kappa shape index (κ1) is 28.1. The molecule has 1 atom stereocenters. The number of piperidine rings is 1. The van der Waals surface area contributed by atoms with E-state index in [1.165, 1.54) is 6.07 Å². The number of carbonyl (C=O) groups excluding carboxylic acids is 1. The molecule has 2 fully saturated rings. The number of hydrogen-bond donors (Lipinski definition) is 2. The van der Waals surface area contributed by atoms with Crippen LogP contribution in [-0.4, -0.2) is 59.2 Å². The first-order valence-electron chi connectivity index (χ1n) is 13.1. The number of rotatable bonds is 10. The molecule has 4 rings (SSSR count). The summed E-state index contributed by atoms with van der Waals surface area (Å²) < 4.78 is 41.1. The number of aromatic nitrogens is 2. The highest BCUT2D eigenvalue weighted by Crippen LogP contribution is 2.34. The summed E-state index contributed by atoms with van der Waals surface area (Å²) in [5.74, 6) is -1.74. The smallest absolute Gasteiger partial charge is 0.451 e. The van der Waals surface area contributed by atoms with Crippen LogP contribution in [0.25, 0.3) is 0 Å². The molecule has 208 valence electrons. The van der Waals surface area contributed by atoms with E-state index in [-0.39, 0.29) is 24.0 Å². The van der Waals surface area contributed by atoms with E-state index in [0.29, 0.717) is 56.9 Å². The first-order valence-corrected chi connectivity index (χ1v) is 13.1. The fourth-order valence-corrected chi connectivity index (χ4v) is 4.98. The minimum Gasteiger partial charge on any atom is -0.481 e. The monoisotopic (exact) mass is 544 g/mol. The molecule has 2 saturated heterocycles. The largest absolute Gasteiger partial charge is 0.481 e. The van der Waals surface area contributed by atoms with Gasteiger partial charge >= 0.3 is 12.1 Å². The SMILES string of the molecule is N#Cc1ccc(CCNC(=O)C2CCN2c2cc(N3CCC(CCCC(=O)O)CC3)nc(C(F)(F)F)n2)cc1. The molecule has 1 aromatic carbocycles. The Morgan fingerprint density at radius 1 is 1.08 bits per heavy atom. The van der Waals surface area contributed by atoms with E-state index in [0.717, 1.165) is 24.8 Å². The molecule has 3 heterocycles. The highest BCUT2D eigenvalue weighted by Gasteiger charge is 2.40. The predicted octanol–water partition coefficient (Wildman–Crippen LogP) is 3.78. The van der Waals surface area contributed by atoms with Crippen molar-refractivity contribution in [2.24, 2.45) is 5.92 Å². The number of anilines is 2. The number of nitriles is 1. The van der Waals surface area contributed by atoms with E-state index in [4.69, 9.17) is 10.4 Å². The van der Waals surface area contributed by atoms with Gasteiger partial charge in [0, 0.05) is 38.7 Å². The summed E-state index contributed by atoms with van der Waals surface area (Å²) in [6.07, 6.45) is -0.700. The van der Waals surface area contributed by atoms with Gasteiger partial charge in [0.2, 0.25) is 11.7 Å². The van der Waals surface area contributed by atoms with Crippen LogP contribution in [0.5, 0.6) is 0 Å². The van der Waals surface area contributed by atoms with E-state index in [2.05, 4.69) is 21.4 Å². The van der Waals surface area contributed by atoms with Crippen LogP contribution in [0, 0.1) is 17.2 Å². The van der Waals surface area contributed by atoms with Gasteiger partial charge in [-0.1, -0.05) is 12.1 Å². The van der Waals surface area contributed by atoms with Crippen molar-refractivity contribution in [2.75, 3.05) is 36.0 Å². The first-order chi connectivity index (χ1) is 18.6. The molecule has 1 amide bonds. The molecule has 0 saturated carbocycles. The minimum absolute atomic E-state index is 0.0781. The summed E-state index contributed by atoms with van der Waals surface area (Å²) in [5, 5.41) is 20.6. The molecule has 0 spiro atoms. The number of nitrogens with zero attached hydrogens (tertiary/aromatic N) is 5. The van der Waals surface area contributed by atoms with Gasteiger partial charge < -0.3 is 20.2 Å². The molecule has 0 aliphatic carbocycles. The lowest BCUT2D eigenvalue weighted by molar-refractivity contribution is -0.144. The highest BCUT2D eigenvalue weighted by molar-refractivity contribution is 5.86. The fraction of sp³-hybridized carbons (Fsp3) is 0.519. The normalized spacial score (nSPS) is 17.8. The van der Waals surface area contributed by atoms with E-state index < -0.39 is 24.0 Å². The summed E-state index contributed by atoms with van der Waals surface area (Å²) in [6.45, 7) is 1.81. The second-order valence-corrected chi connectivity index (χ2v) is 9.97. The molecule has 2 aliphatic heterocycles. The summed E-state index contributed by atoms with van der Waals surface area (Å²) in [5.41, 5.74) is 1.51. The predicted molar refractivity (Wildman–Crippen MR) is 137 cm³/mol. The summed E-state index contributed by atoms with van der Waals surface area (Å²) in [7, 11) is 0. The van der Waals surface area contributed by atoms with Gasteiger partial charge in [0.1, 0.15) is 17.7 Å². The van der Waals surface area contributed by atoms with Crippen LogP contribution < -0.4 is 15.1 Å². The topological polar surface area (TPSA) is 122 Å². The molecular weight excluding hydrogens is 513 g/mol. The Morgan fingerprint density at radius 2 is 1.77 bits per heavy atom. The molecule has 9 nitrogen and oxygen atoms in total. The van der Waals surface area contributed by atoms with Crippen molar-refractivity contribution in [2.45, 2.75) is 57.2 Å². The molecule has 1 aromatic heterocycles. The average Bonchev–Trinajstić information content (AvgIpc) is 2.88. The van der Waals surface area contributed by atoms with Crippen molar-refractivity contribution in [1.29, 1.82) is 5.26 Å². The van der Waals surface area contributed by atoms with Gasteiger partial charge in [0.25, 0.3) is 0 Å². The maximum absolute atomic E-state index is 13.7. The van der Waals surface area contributed by atoms with E-state index in [1.54, 1.807) is 21.9 Å². The molecule has 2 N–H and O–H groups in total. The molecule has 0 bridgehead atoms. The second kappa shape index (κ2) is 12.3. The Balaban J connectivity index is 1.38. The van der Waals surface area contributed by atoms with Crippen LogP contribution in [0.3, 0.4) is 0 Å². The summed E-state index contributed by atoms with van der Waals surface area (Å²) >= 11 is 0. The lowest BCUT2D eigenvalue weighted by Crippen LogP contribution is -2.57. The van der Waals surface area contributed by atoms with Gasteiger partial charge in [-0.05, 0) is 62.1 Å². The minimum atomic E-state index is -4.73. The number of benzene rings is 1. The molecule has 1 unspecified atom stereocenters. The Bertz CT molecular complexity index is 1210. The third-order valence-electron chi connectivity index (χ3n) is 7.31. The Labute approximate surface area is 224 Å². The highest BCUT2D eigenvalue weighted by atomic mass is 19.4. The van der Waals surface area contributed by atoms with Crippen LogP contribution in [0.15, 0.2) is 30.3 Å². The average molecular weight is 545 g/mol. The van der Waals surface area contributed by atoms with E-state index >= 15 is 0 Å². The number of alkyl halides is 3. The second-order valence-electron chi connectivity index (χ2n) is 9.97. The summed E-state index contributed by atoms with van der Waals surface area (Å²) in [6, 6.07) is 10.0. The number of nitrogens with one attached hydrogen (secondary N) is 1. The quantitative estimate of drug-likeness (QED) is 0.464. The molecule has 12 heteroatoms. The molecule has 0 radical (unpaired) electrons. The van der Waals surface area contributed by atoms with Gasteiger partial charge in [-0.2, -0.15) is 18.4 Å². The van der Waals surface area contributed by atoms with E-state index in [9.17, 15) is 22.8 Å². The number of carbonyl (C=O) groups is 2. The van der Waals surface area contributed by atoms with Crippen molar-refractivity contribution in [1.82, 2.24) is 15.3 Å². The number of halogens is 3. The number of aliphatic carboxylic acids is 1. The van der Waals surface area contributed by atoms with Gasteiger partial charge in [-0.15, -0.1) is 0 Å². The third kappa shape index (κ3) is 7.37. The van der Waals surface area contributed by atoms with Crippen molar-refractivity contribution in [3.63, 3.8) is 0 Å². The van der Waals surface area contributed by atoms with Gasteiger partial charge in [-0.25, -0.2) is 9.97 Å². The van der Waals surface area contributed by atoms with Crippen molar-refractivity contribution < 1.29 is 27.9 Å². The van der Waals surface area contributed by atoms with Gasteiger partial charge in [0.15, 0.2) is 0 Å². The van der Waals surface area contributed by atoms with E-state index in [1.807, 2.05) is 12.1 Å². The molecule has 39 heavy (non-hydrogen) atoms. The standard InChI is InChI=1S/C27H31F3N6O3/c28-27(29,30)26-33-22(35-13-9-18(10-14-35)2-1-3-24(37)38)16-23(34-26)36-15-11-21(36)25(39)32-12-8-19-4-6-20(17-31)7-5-19/h4-7,16,18,21H,1-3,8-15H2,(H,32,39)(H,37,38). The Morgan fingerprint density at radius 3 is 2.36 bits per heavy atom. The molecule has 2 aromatic rings. The zero-order valence-corrected chi connectivity index (χ0v) is 21.5. The van der Waals surface area contributed by atoms with Gasteiger partial charge in [0.05, 0.1) is 11.6 Å². The van der Waals surface area contributed by atoms with Crippen LogP contribution in [0.1, 0.15) is 55.5 Å². The van der Waals surface area contributed by atoms with Crippen LogP contribution in [-0.2, 0) is 22.2 Å². The fourth-order valence-electron chi connectivity index (χ4n) is 4.98. The number of amides is 1. The Hall–Kier alpha value is -3.88. The molecule has 2 aliphatic rings. The van der Waals surface area contributed by atoms with Gasteiger partial charge in [-0.3, -0.25) is 9.59 Å². The van der Waals surface area contributed by atoms with Crippen LogP contribution in [0.2, 0.25) is 0 Å². The molecular formula is C27H31F3N6O3. The maximum atomic E-state index is 13.7. The van der Waals surface area contributed by atoms with Crippen molar-refractivity contribution >= 4 is 23.5 Å². The van der Waals surface area contributed by atoms with Crippen LogP contribution >= 0.6 is 0 Å². The maximum Gasteiger partial charge on any atom is 0.451 e. The Kier molecular flexibility index (Phi) is 8.89. The van der Waals surface area contributed by atoms with Crippen molar-refractivity contribution in [3.05, 3.63) is 47.3 Å². The van der Waals surface area contributed by atoms with Crippen molar-refractivity contribution in [3.8, 4) is 6.07 Å². The number of carboxylic acid groups (broad SMARTS) is 1. The number of hydrogen-bond acceptors (Lipinski definition) is 7. The third-order valence-corrected chi connectivity index (χ3v) is 7.31. The lowest BCUT2D eigenvalue weighted by atomic mass is 9.91. The number of carboxylic acids is 1. The zero-order chi connectivity index (χ0) is 28.0. The summed E-state index contributed by atoms with van der Waals surface area (Å²) in [4.78, 5) is 34.5.